The largest absolute Gasteiger partial charge is 0.433 e. The van der Waals surface area contributed by atoms with Gasteiger partial charge in [-0.1, -0.05) is 23.2 Å². The lowest BCUT2D eigenvalue weighted by molar-refractivity contribution is -0.0498. The Bertz CT molecular complexity index is 806. The van der Waals surface area contributed by atoms with Crippen LogP contribution in [-0.2, 0) is 4.74 Å². The van der Waals surface area contributed by atoms with Gasteiger partial charge in [-0.25, -0.2) is 4.98 Å². The van der Waals surface area contributed by atoms with E-state index < -0.39 is 6.61 Å². The zero-order valence-corrected chi connectivity index (χ0v) is 16.0. The summed E-state index contributed by atoms with van der Waals surface area (Å²) in [4.78, 5) is 10.4. The van der Waals surface area contributed by atoms with Crippen LogP contribution >= 0.6 is 23.2 Å². The molecule has 2 heterocycles. The molecule has 1 aliphatic heterocycles. The molecule has 1 unspecified atom stereocenters. The Morgan fingerprint density at radius 1 is 1.26 bits per heavy atom. The third-order valence-corrected chi connectivity index (χ3v) is 4.74. The van der Waals surface area contributed by atoms with Crippen molar-refractivity contribution in [1.29, 1.82) is 0 Å². The number of hydrogen-bond acceptors (Lipinski definition) is 6. The first kappa shape index (κ1) is 19.9. The first-order valence-corrected chi connectivity index (χ1v) is 9.00. The Kier molecular flexibility index (Phi) is 6.18. The Balaban J connectivity index is 2.05. The number of halogens is 4. The highest BCUT2D eigenvalue weighted by Crippen LogP contribution is 2.39. The van der Waals surface area contributed by atoms with E-state index in [1.165, 1.54) is 12.1 Å². The molecule has 1 aliphatic rings. The van der Waals surface area contributed by atoms with E-state index in [4.69, 9.17) is 33.7 Å². The van der Waals surface area contributed by atoms with Crippen molar-refractivity contribution in [2.45, 2.75) is 26.0 Å². The van der Waals surface area contributed by atoms with Gasteiger partial charge in [0, 0.05) is 29.9 Å². The number of hydrogen-bond donors (Lipinski definition) is 1. The van der Waals surface area contributed by atoms with Crippen LogP contribution in [-0.4, -0.2) is 36.3 Å². The van der Waals surface area contributed by atoms with Crippen LogP contribution in [0, 0.1) is 6.92 Å². The summed E-state index contributed by atoms with van der Waals surface area (Å²) < 4.78 is 35.6. The third kappa shape index (κ3) is 4.69. The van der Waals surface area contributed by atoms with E-state index in [1.807, 2.05) is 11.8 Å². The van der Waals surface area contributed by atoms with Crippen molar-refractivity contribution in [2.24, 2.45) is 0 Å². The number of nitrogens with two attached hydrogens (primary N) is 1. The fraction of sp³-hybridized carbons (Fsp3) is 0.412. The lowest BCUT2D eigenvalue weighted by Crippen LogP contribution is -2.32. The number of aromatic nitrogens is 2. The van der Waals surface area contributed by atoms with Gasteiger partial charge in [0.25, 0.3) is 0 Å². The highest BCUT2D eigenvalue weighted by molar-refractivity contribution is 6.36. The van der Waals surface area contributed by atoms with E-state index in [-0.39, 0.29) is 22.8 Å². The lowest BCUT2D eigenvalue weighted by Gasteiger charge is -2.31. The van der Waals surface area contributed by atoms with E-state index in [0.717, 1.165) is 6.42 Å². The second-order valence-electron chi connectivity index (χ2n) is 6.05. The van der Waals surface area contributed by atoms with Gasteiger partial charge in [0.2, 0.25) is 5.95 Å². The molecule has 0 spiro atoms. The van der Waals surface area contributed by atoms with Crippen LogP contribution in [0.1, 0.15) is 23.7 Å². The monoisotopic (exact) mass is 418 g/mol. The van der Waals surface area contributed by atoms with Crippen molar-refractivity contribution in [3.8, 4) is 5.75 Å². The summed E-state index contributed by atoms with van der Waals surface area (Å²) in [6, 6.07) is 4.22. The van der Waals surface area contributed by atoms with E-state index in [2.05, 4.69) is 14.7 Å². The van der Waals surface area contributed by atoms with Crippen LogP contribution in [0.4, 0.5) is 20.5 Å². The summed E-state index contributed by atoms with van der Waals surface area (Å²) in [7, 11) is 0. The molecule has 6 nitrogen and oxygen atoms in total. The van der Waals surface area contributed by atoms with E-state index in [0.29, 0.717) is 41.9 Å². The Morgan fingerprint density at radius 3 is 2.74 bits per heavy atom. The second-order valence-corrected chi connectivity index (χ2v) is 6.86. The number of ether oxygens (including phenoxy) is 2. The maximum Gasteiger partial charge on any atom is 0.387 e. The maximum absolute atomic E-state index is 12.7. The summed E-state index contributed by atoms with van der Waals surface area (Å²) in [6.07, 6.45) is 0.755. The number of anilines is 2. The molecular weight excluding hydrogens is 401 g/mol. The van der Waals surface area contributed by atoms with Gasteiger partial charge in [0.15, 0.2) is 0 Å². The zero-order chi connectivity index (χ0) is 19.6. The van der Waals surface area contributed by atoms with Gasteiger partial charge in [0.05, 0.1) is 17.7 Å². The van der Waals surface area contributed by atoms with Crippen molar-refractivity contribution >= 4 is 35.0 Å². The van der Waals surface area contributed by atoms with Gasteiger partial charge in [0.1, 0.15) is 11.6 Å². The SMILES string of the molecule is Cc1cc(N2CCCOCC2c2cc(OC(F)F)c(Cl)cc2Cl)nc(N)n1. The zero-order valence-electron chi connectivity index (χ0n) is 14.5. The van der Waals surface area contributed by atoms with Crippen LogP contribution in [0.5, 0.6) is 5.75 Å². The molecule has 1 aromatic heterocycles. The van der Waals surface area contributed by atoms with Gasteiger partial charge in [-0.3, -0.25) is 0 Å². The number of nitrogens with zero attached hydrogens (tertiary/aromatic N) is 3. The summed E-state index contributed by atoms with van der Waals surface area (Å²) in [5, 5.41) is 0.327. The van der Waals surface area contributed by atoms with E-state index >= 15 is 0 Å². The number of nitrogen functional groups attached to an aromatic ring is 1. The predicted molar refractivity (Wildman–Crippen MR) is 99.8 cm³/mol. The van der Waals surface area contributed by atoms with Crippen molar-refractivity contribution < 1.29 is 18.3 Å². The minimum absolute atomic E-state index is 0.00673. The Morgan fingerprint density at radius 2 is 2.04 bits per heavy atom. The number of aryl methyl sites for hydroxylation is 1. The Hall–Kier alpha value is -1.90. The van der Waals surface area contributed by atoms with Crippen molar-refractivity contribution in [3.63, 3.8) is 0 Å². The molecule has 0 radical (unpaired) electrons. The van der Waals surface area contributed by atoms with Crippen molar-refractivity contribution in [2.75, 3.05) is 30.4 Å². The fourth-order valence-electron chi connectivity index (χ4n) is 3.02. The van der Waals surface area contributed by atoms with Gasteiger partial charge in [-0.15, -0.1) is 0 Å². The van der Waals surface area contributed by atoms with Crippen molar-refractivity contribution in [3.05, 3.63) is 39.5 Å². The molecule has 0 aliphatic carbocycles. The van der Waals surface area contributed by atoms with Crippen molar-refractivity contribution in [1.82, 2.24) is 9.97 Å². The van der Waals surface area contributed by atoms with Crippen LogP contribution in [0.3, 0.4) is 0 Å². The molecule has 0 bridgehead atoms. The first-order valence-electron chi connectivity index (χ1n) is 8.24. The molecule has 3 rings (SSSR count). The second kappa shape index (κ2) is 8.41. The minimum atomic E-state index is -3.00. The smallest absolute Gasteiger partial charge is 0.387 e. The van der Waals surface area contributed by atoms with Crippen LogP contribution in [0.25, 0.3) is 0 Å². The summed E-state index contributed by atoms with van der Waals surface area (Å²) in [5.41, 5.74) is 7.05. The summed E-state index contributed by atoms with van der Waals surface area (Å²) >= 11 is 12.4. The standard InChI is InChI=1S/C17H18Cl2F2N4O2/c1-9-5-15(24-17(22)23-9)25-3-2-4-26-8-13(25)10-6-14(27-16(20)21)12(19)7-11(10)18/h5-7,13,16H,2-4,8H2,1H3,(H2,22,23,24). The van der Waals surface area contributed by atoms with E-state index in [9.17, 15) is 8.78 Å². The quantitative estimate of drug-likeness (QED) is 0.799. The predicted octanol–water partition coefficient (Wildman–Crippen LogP) is 4.24. The van der Waals surface area contributed by atoms with Gasteiger partial charge >= 0.3 is 6.61 Å². The first-order chi connectivity index (χ1) is 12.8. The average molecular weight is 419 g/mol. The fourth-order valence-corrected chi connectivity index (χ4v) is 3.57. The summed E-state index contributed by atoms with van der Waals surface area (Å²) in [5.74, 6) is 0.615. The molecule has 0 saturated carbocycles. The number of rotatable bonds is 4. The van der Waals surface area contributed by atoms with Gasteiger partial charge in [-0.05, 0) is 31.0 Å². The molecule has 0 amide bonds. The highest BCUT2D eigenvalue weighted by atomic mass is 35.5. The molecule has 1 saturated heterocycles. The number of benzene rings is 1. The molecule has 146 valence electrons. The third-order valence-electron chi connectivity index (χ3n) is 4.12. The molecule has 1 aromatic carbocycles. The molecular formula is C17H18Cl2F2N4O2. The lowest BCUT2D eigenvalue weighted by atomic mass is 10.0. The molecule has 1 fully saturated rings. The average Bonchev–Trinajstić information content (AvgIpc) is 2.82. The Labute approximate surface area is 165 Å². The molecule has 10 heteroatoms. The molecule has 2 N–H and O–H groups in total. The molecule has 1 atom stereocenters. The maximum atomic E-state index is 12.7. The van der Waals surface area contributed by atoms with Crippen LogP contribution in [0.15, 0.2) is 18.2 Å². The molecule has 27 heavy (non-hydrogen) atoms. The van der Waals surface area contributed by atoms with E-state index in [1.54, 1.807) is 6.07 Å². The van der Waals surface area contributed by atoms with Gasteiger partial charge in [-0.2, -0.15) is 13.8 Å². The highest BCUT2D eigenvalue weighted by Gasteiger charge is 2.28. The van der Waals surface area contributed by atoms with Crippen LogP contribution in [0.2, 0.25) is 10.0 Å². The molecule has 2 aromatic rings. The topological polar surface area (TPSA) is 73.5 Å². The normalized spacial score (nSPS) is 17.9. The number of alkyl halides is 2. The summed E-state index contributed by atoms with van der Waals surface area (Å²) in [6.45, 7) is 0.276. The van der Waals surface area contributed by atoms with Gasteiger partial charge < -0.3 is 20.1 Å². The van der Waals surface area contributed by atoms with Crippen LogP contribution < -0.4 is 15.4 Å². The minimum Gasteiger partial charge on any atom is -0.433 e.